The summed E-state index contributed by atoms with van der Waals surface area (Å²) < 4.78 is 2.43. The number of nitrogens with zero attached hydrogens (tertiary/aromatic N) is 2. The average molecular weight is 815 g/mol. The maximum absolute atomic E-state index is 2.43. The maximum atomic E-state index is 2.43. The third-order valence-corrected chi connectivity index (χ3v) is 12.8. The van der Waals surface area contributed by atoms with Crippen molar-refractivity contribution >= 4 is 60.4 Å². The molecule has 0 aliphatic rings. The molecule has 0 unspecified atom stereocenters. The average Bonchev–Trinajstić information content (AvgIpc) is 3.71. The number of aromatic nitrogens is 1. The highest BCUT2D eigenvalue weighted by Gasteiger charge is 2.19. The van der Waals surface area contributed by atoms with Crippen LogP contribution in [0.25, 0.3) is 93.5 Å². The number of benzene rings is 11. The number of para-hydroxylation sites is 3. The van der Waals surface area contributed by atoms with Crippen LogP contribution in [-0.4, -0.2) is 4.57 Å². The molecule has 300 valence electrons. The topological polar surface area (TPSA) is 8.17 Å². The number of hydrogen-bond donors (Lipinski definition) is 0. The molecule has 1 aromatic heterocycles. The normalized spacial score (nSPS) is 11.4. The highest BCUT2D eigenvalue weighted by Crippen LogP contribution is 2.42. The van der Waals surface area contributed by atoms with Crippen molar-refractivity contribution in [3.63, 3.8) is 0 Å². The molecule has 12 rings (SSSR count). The van der Waals surface area contributed by atoms with Crippen LogP contribution in [0.1, 0.15) is 0 Å². The minimum atomic E-state index is 1.09. The van der Waals surface area contributed by atoms with E-state index in [-0.39, 0.29) is 0 Å². The summed E-state index contributed by atoms with van der Waals surface area (Å²) in [5.41, 5.74) is 16.4. The summed E-state index contributed by atoms with van der Waals surface area (Å²) in [5, 5.41) is 7.52. The fraction of sp³-hybridized carbons (Fsp3) is 0. The molecule has 64 heavy (non-hydrogen) atoms. The van der Waals surface area contributed by atoms with Gasteiger partial charge in [-0.15, -0.1) is 0 Å². The molecule has 0 bridgehead atoms. The molecule has 11 aromatic carbocycles. The van der Waals surface area contributed by atoms with Gasteiger partial charge in [-0.2, -0.15) is 0 Å². The van der Waals surface area contributed by atoms with Gasteiger partial charge >= 0.3 is 0 Å². The number of rotatable bonds is 8. The summed E-state index contributed by atoms with van der Waals surface area (Å²) in [4.78, 5) is 2.37. The molecule has 0 saturated carbocycles. The summed E-state index contributed by atoms with van der Waals surface area (Å²) in [7, 11) is 0. The van der Waals surface area contributed by atoms with Gasteiger partial charge in [-0.25, -0.2) is 0 Å². The predicted octanol–water partition coefficient (Wildman–Crippen LogP) is 17.2. The van der Waals surface area contributed by atoms with Gasteiger partial charge in [-0.1, -0.05) is 200 Å². The second-order valence-electron chi connectivity index (χ2n) is 16.5. The van der Waals surface area contributed by atoms with Gasteiger partial charge in [0, 0.05) is 33.4 Å². The first kappa shape index (κ1) is 37.3. The van der Waals surface area contributed by atoms with Gasteiger partial charge in [0.15, 0.2) is 0 Å². The molecule has 0 aliphatic heterocycles. The Labute approximate surface area is 373 Å². The molecule has 12 aromatic rings. The van der Waals surface area contributed by atoms with E-state index in [9.17, 15) is 0 Å². The maximum Gasteiger partial charge on any atom is 0.0541 e. The van der Waals surface area contributed by atoms with Crippen LogP contribution in [0.15, 0.2) is 255 Å². The van der Waals surface area contributed by atoms with E-state index in [1.165, 1.54) is 82.3 Å². The van der Waals surface area contributed by atoms with E-state index in [2.05, 4.69) is 264 Å². The molecule has 2 heteroatoms. The minimum Gasteiger partial charge on any atom is -0.311 e. The fourth-order valence-corrected chi connectivity index (χ4v) is 9.82. The second kappa shape index (κ2) is 15.8. The van der Waals surface area contributed by atoms with Crippen LogP contribution in [-0.2, 0) is 0 Å². The lowest BCUT2D eigenvalue weighted by Crippen LogP contribution is -2.09. The van der Waals surface area contributed by atoms with Crippen molar-refractivity contribution in [2.45, 2.75) is 0 Å². The molecule has 2 nitrogen and oxygen atoms in total. The first-order valence-corrected chi connectivity index (χ1v) is 22.0. The molecule has 1 heterocycles. The van der Waals surface area contributed by atoms with E-state index < -0.39 is 0 Å². The Balaban J connectivity index is 0.951. The molecule has 0 amide bonds. The van der Waals surface area contributed by atoms with Crippen molar-refractivity contribution < 1.29 is 0 Å². The third kappa shape index (κ3) is 6.44. The lowest BCUT2D eigenvalue weighted by Gasteiger charge is -2.26. The van der Waals surface area contributed by atoms with Crippen LogP contribution in [0.5, 0.6) is 0 Å². The van der Waals surface area contributed by atoms with E-state index in [0.717, 1.165) is 28.3 Å². The Bertz CT molecular complexity index is 3470. The summed E-state index contributed by atoms with van der Waals surface area (Å²) >= 11 is 0. The lowest BCUT2D eigenvalue weighted by molar-refractivity contribution is 1.18. The van der Waals surface area contributed by atoms with Gasteiger partial charge in [0.2, 0.25) is 0 Å². The number of fused-ring (bicyclic) bond motifs is 5. The van der Waals surface area contributed by atoms with Gasteiger partial charge in [-0.05, 0) is 115 Å². The van der Waals surface area contributed by atoms with E-state index in [1.54, 1.807) is 0 Å². The zero-order chi connectivity index (χ0) is 42.4. The second-order valence-corrected chi connectivity index (χ2v) is 16.5. The van der Waals surface area contributed by atoms with Crippen molar-refractivity contribution in [3.8, 4) is 50.2 Å². The molecular formula is C62H42N2. The van der Waals surface area contributed by atoms with Crippen LogP contribution < -0.4 is 4.90 Å². The van der Waals surface area contributed by atoms with E-state index >= 15 is 0 Å². The Kier molecular flexibility index (Phi) is 9.20. The Hall–Kier alpha value is -8.46. The van der Waals surface area contributed by atoms with Crippen LogP contribution >= 0.6 is 0 Å². The Morgan fingerprint density at radius 3 is 1.08 bits per heavy atom. The number of anilines is 3. The first-order valence-electron chi connectivity index (χ1n) is 22.0. The van der Waals surface area contributed by atoms with E-state index in [4.69, 9.17) is 0 Å². The highest BCUT2D eigenvalue weighted by atomic mass is 15.1. The molecule has 0 fully saturated rings. The molecule has 0 saturated heterocycles. The quantitative estimate of drug-likeness (QED) is 0.148. The zero-order valence-corrected chi connectivity index (χ0v) is 35.1. The number of hydrogen-bond acceptors (Lipinski definition) is 1. The highest BCUT2D eigenvalue weighted by molar-refractivity contribution is 6.10. The van der Waals surface area contributed by atoms with E-state index in [0.29, 0.717) is 0 Å². The monoisotopic (exact) mass is 814 g/mol. The first-order chi connectivity index (χ1) is 31.8. The van der Waals surface area contributed by atoms with Crippen molar-refractivity contribution in [1.29, 1.82) is 0 Å². The fourth-order valence-electron chi connectivity index (χ4n) is 9.82. The largest absolute Gasteiger partial charge is 0.311 e. The molecular weight excluding hydrogens is 773 g/mol. The molecule has 0 spiro atoms. The predicted molar refractivity (Wildman–Crippen MR) is 272 cm³/mol. The van der Waals surface area contributed by atoms with Crippen LogP contribution in [0.2, 0.25) is 0 Å². The van der Waals surface area contributed by atoms with Gasteiger partial charge in [-0.3, -0.25) is 0 Å². The Morgan fingerprint density at radius 1 is 0.234 bits per heavy atom. The summed E-state index contributed by atoms with van der Waals surface area (Å²) in [6.07, 6.45) is 0. The van der Waals surface area contributed by atoms with Crippen LogP contribution in [0.3, 0.4) is 0 Å². The Morgan fingerprint density at radius 2 is 0.578 bits per heavy atom. The minimum absolute atomic E-state index is 1.09. The smallest absolute Gasteiger partial charge is 0.0541 e. The molecule has 0 atom stereocenters. The summed E-state index contributed by atoms with van der Waals surface area (Å²) in [5.74, 6) is 0. The molecule has 0 aliphatic carbocycles. The SMILES string of the molecule is c1ccc(-c2ccccc2-n2c3ccccc3c3ccccc32)c(-c2ccc(N(c3ccc(-c4cccc5ccccc45)cc3)c3ccc(-c4cccc5ccccc45)cc3)cc2)c1. The molecule has 0 N–H and O–H groups in total. The van der Waals surface area contributed by atoms with Crippen molar-refractivity contribution in [1.82, 2.24) is 4.57 Å². The standard InChI is InChI=1S/C62H42N2/c1-3-19-51-43(15-1)17-13-26-53(51)45-31-37-48(38-32-45)63(49-39-33-46(34-40-49)54-27-14-18-44-16-2-4-20-52(44)54)50-41-35-47(36-42-50)55-21-5-6-22-56(55)57-23-7-10-28-60(57)64-61-29-11-8-24-58(61)59-25-9-12-30-62(59)64/h1-42H. The van der Waals surface area contributed by atoms with Gasteiger partial charge < -0.3 is 9.47 Å². The van der Waals surface area contributed by atoms with Gasteiger partial charge in [0.05, 0.1) is 16.7 Å². The molecule has 0 radical (unpaired) electrons. The third-order valence-electron chi connectivity index (χ3n) is 12.8. The van der Waals surface area contributed by atoms with Gasteiger partial charge in [0.25, 0.3) is 0 Å². The van der Waals surface area contributed by atoms with Crippen molar-refractivity contribution in [2.75, 3.05) is 4.90 Å². The van der Waals surface area contributed by atoms with Gasteiger partial charge in [0.1, 0.15) is 0 Å². The summed E-state index contributed by atoms with van der Waals surface area (Å²) in [6.45, 7) is 0. The lowest BCUT2D eigenvalue weighted by atomic mass is 9.93. The van der Waals surface area contributed by atoms with Crippen molar-refractivity contribution in [3.05, 3.63) is 255 Å². The summed E-state index contributed by atoms with van der Waals surface area (Å²) in [6, 6.07) is 92.6. The zero-order valence-electron chi connectivity index (χ0n) is 35.1. The van der Waals surface area contributed by atoms with Crippen LogP contribution in [0.4, 0.5) is 17.1 Å². The van der Waals surface area contributed by atoms with E-state index in [1.807, 2.05) is 0 Å². The van der Waals surface area contributed by atoms with Crippen molar-refractivity contribution in [2.24, 2.45) is 0 Å². The van der Waals surface area contributed by atoms with Crippen LogP contribution in [0, 0.1) is 0 Å².